The van der Waals surface area contributed by atoms with Gasteiger partial charge in [0.25, 0.3) is 0 Å². The van der Waals surface area contributed by atoms with E-state index in [0.29, 0.717) is 0 Å². The summed E-state index contributed by atoms with van der Waals surface area (Å²) in [5, 5.41) is 0. The third-order valence-electron chi connectivity index (χ3n) is 4.20. The Bertz CT molecular complexity index is 335. The zero-order valence-electron chi connectivity index (χ0n) is 11.3. The molecule has 0 radical (unpaired) electrons. The lowest BCUT2D eigenvalue weighted by atomic mass is 9.80. The van der Waals surface area contributed by atoms with Crippen LogP contribution in [0.15, 0.2) is 24.2 Å². The van der Waals surface area contributed by atoms with Gasteiger partial charge in [0.05, 0.1) is 11.2 Å². The topological polar surface area (TPSA) is 18.5 Å². The van der Waals surface area contributed by atoms with Gasteiger partial charge in [0, 0.05) is 0 Å². The van der Waals surface area contributed by atoms with Crippen LogP contribution >= 0.6 is 0 Å². The SMILES string of the molecule is C=CB1OC(C)(C)C(C)(CC2=CCCCC2)O1. The molecule has 0 N–H and O–H groups in total. The zero-order chi connectivity index (χ0) is 12.5. The van der Waals surface area contributed by atoms with Gasteiger partial charge in [0.15, 0.2) is 0 Å². The fraction of sp³-hybridized carbons (Fsp3) is 0.714. The Morgan fingerprint density at radius 1 is 1.35 bits per heavy atom. The van der Waals surface area contributed by atoms with Crippen LogP contribution in [-0.2, 0) is 9.31 Å². The Balaban J connectivity index is 2.12. The largest absolute Gasteiger partial charge is 0.486 e. The lowest BCUT2D eigenvalue weighted by Gasteiger charge is -2.37. The highest BCUT2D eigenvalue weighted by atomic mass is 16.7. The lowest BCUT2D eigenvalue weighted by Crippen LogP contribution is -2.45. The second-order valence-corrected chi connectivity index (χ2v) is 5.87. The van der Waals surface area contributed by atoms with E-state index in [9.17, 15) is 0 Å². The molecule has 2 rings (SSSR count). The Morgan fingerprint density at radius 3 is 2.65 bits per heavy atom. The van der Waals surface area contributed by atoms with Crippen LogP contribution in [0.5, 0.6) is 0 Å². The van der Waals surface area contributed by atoms with Crippen LogP contribution in [-0.4, -0.2) is 18.3 Å². The van der Waals surface area contributed by atoms with E-state index in [1.807, 2.05) is 0 Å². The maximum atomic E-state index is 6.03. The van der Waals surface area contributed by atoms with Crippen LogP contribution in [0.4, 0.5) is 0 Å². The molecule has 1 fully saturated rings. The second kappa shape index (κ2) is 4.62. The van der Waals surface area contributed by atoms with Gasteiger partial charge >= 0.3 is 7.12 Å². The van der Waals surface area contributed by atoms with Crippen molar-refractivity contribution in [2.24, 2.45) is 0 Å². The van der Waals surface area contributed by atoms with Gasteiger partial charge in [-0.15, -0.1) is 6.58 Å². The van der Waals surface area contributed by atoms with Crippen LogP contribution in [0.1, 0.15) is 52.9 Å². The summed E-state index contributed by atoms with van der Waals surface area (Å²) in [6.45, 7) is 10.1. The molecule has 0 aromatic carbocycles. The summed E-state index contributed by atoms with van der Waals surface area (Å²) < 4.78 is 11.9. The molecule has 94 valence electrons. The fourth-order valence-electron chi connectivity index (χ4n) is 2.69. The summed E-state index contributed by atoms with van der Waals surface area (Å²) in [6.07, 6.45) is 8.44. The molecule has 0 spiro atoms. The van der Waals surface area contributed by atoms with Gasteiger partial charge in [0.2, 0.25) is 0 Å². The van der Waals surface area contributed by atoms with E-state index in [1.54, 1.807) is 5.98 Å². The maximum absolute atomic E-state index is 6.03. The predicted molar refractivity (Wildman–Crippen MR) is 71.8 cm³/mol. The fourth-order valence-corrected chi connectivity index (χ4v) is 2.69. The van der Waals surface area contributed by atoms with E-state index >= 15 is 0 Å². The summed E-state index contributed by atoms with van der Waals surface area (Å²) in [5.41, 5.74) is 1.03. The first-order chi connectivity index (χ1) is 7.97. The van der Waals surface area contributed by atoms with Crippen molar-refractivity contribution in [3.63, 3.8) is 0 Å². The van der Waals surface area contributed by atoms with Crippen LogP contribution in [0, 0.1) is 0 Å². The van der Waals surface area contributed by atoms with Crippen molar-refractivity contribution in [3.8, 4) is 0 Å². The van der Waals surface area contributed by atoms with Crippen molar-refractivity contribution in [2.45, 2.75) is 64.1 Å². The first kappa shape index (κ1) is 12.9. The molecular formula is C14H23BO2. The molecule has 0 aromatic heterocycles. The van der Waals surface area contributed by atoms with Gasteiger partial charge in [-0.1, -0.05) is 17.6 Å². The summed E-state index contributed by atoms with van der Waals surface area (Å²) in [4.78, 5) is 0. The van der Waals surface area contributed by atoms with E-state index in [-0.39, 0.29) is 18.3 Å². The quantitative estimate of drug-likeness (QED) is 0.547. The zero-order valence-corrected chi connectivity index (χ0v) is 11.3. The maximum Gasteiger partial charge on any atom is 0.486 e. The average Bonchev–Trinajstić information content (AvgIpc) is 2.50. The van der Waals surface area contributed by atoms with Crippen molar-refractivity contribution in [2.75, 3.05) is 0 Å². The van der Waals surface area contributed by atoms with Gasteiger partial charge in [-0.3, -0.25) is 0 Å². The molecule has 17 heavy (non-hydrogen) atoms. The molecule has 1 aliphatic carbocycles. The highest BCUT2D eigenvalue weighted by Gasteiger charge is 2.52. The summed E-state index contributed by atoms with van der Waals surface area (Å²) in [6, 6.07) is 0. The summed E-state index contributed by atoms with van der Waals surface area (Å²) >= 11 is 0. The molecule has 1 aliphatic heterocycles. The molecule has 1 saturated heterocycles. The first-order valence-electron chi connectivity index (χ1n) is 6.63. The average molecular weight is 234 g/mol. The molecule has 3 heteroatoms. The summed E-state index contributed by atoms with van der Waals surface area (Å²) in [7, 11) is -0.265. The normalized spacial score (nSPS) is 32.4. The van der Waals surface area contributed by atoms with E-state index in [1.165, 1.54) is 31.3 Å². The lowest BCUT2D eigenvalue weighted by molar-refractivity contribution is -0.00945. The van der Waals surface area contributed by atoms with Crippen LogP contribution < -0.4 is 0 Å². The van der Waals surface area contributed by atoms with Crippen LogP contribution in [0.25, 0.3) is 0 Å². The predicted octanol–water partition coefficient (Wildman–Crippen LogP) is 3.67. The Hall–Kier alpha value is -0.535. The van der Waals surface area contributed by atoms with E-state index in [4.69, 9.17) is 9.31 Å². The Kier molecular flexibility index (Phi) is 3.51. The van der Waals surface area contributed by atoms with Crippen LogP contribution in [0.2, 0.25) is 0 Å². The first-order valence-corrected chi connectivity index (χ1v) is 6.63. The number of hydrogen-bond donors (Lipinski definition) is 0. The molecule has 2 aliphatic rings. The van der Waals surface area contributed by atoms with Crippen molar-refractivity contribution in [1.82, 2.24) is 0 Å². The van der Waals surface area contributed by atoms with Gasteiger partial charge < -0.3 is 9.31 Å². The molecule has 0 saturated carbocycles. The smallest absolute Gasteiger partial charge is 0.400 e. The minimum absolute atomic E-state index is 0.241. The van der Waals surface area contributed by atoms with Gasteiger partial charge in [-0.2, -0.15) is 0 Å². The highest BCUT2D eigenvalue weighted by Crippen LogP contribution is 2.42. The van der Waals surface area contributed by atoms with Crippen molar-refractivity contribution in [3.05, 3.63) is 24.2 Å². The third kappa shape index (κ3) is 2.50. The molecule has 2 nitrogen and oxygen atoms in total. The third-order valence-corrected chi connectivity index (χ3v) is 4.20. The van der Waals surface area contributed by atoms with E-state index < -0.39 is 0 Å². The minimum Gasteiger partial charge on any atom is -0.400 e. The standard InChI is InChI=1S/C14H23BO2/c1-5-15-16-13(2,3)14(4,17-15)11-12-9-7-6-8-10-12/h5,9H,1,6-8,10-11H2,2-4H3. The Morgan fingerprint density at radius 2 is 2.12 bits per heavy atom. The molecule has 1 heterocycles. The monoisotopic (exact) mass is 234 g/mol. The molecule has 0 amide bonds. The molecule has 1 atom stereocenters. The van der Waals surface area contributed by atoms with E-state index in [0.717, 1.165) is 6.42 Å². The van der Waals surface area contributed by atoms with Crippen LogP contribution in [0.3, 0.4) is 0 Å². The van der Waals surface area contributed by atoms with Gasteiger partial charge in [-0.05, 0) is 52.9 Å². The molecule has 0 bridgehead atoms. The van der Waals surface area contributed by atoms with Gasteiger partial charge in [0.1, 0.15) is 0 Å². The van der Waals surface area contributed by atoms with E-state index in [2.05, 4.69) is 33.4 Å². The Labute approximate surface area is 105 Å². The summed E-state index contributed by atoms with van der Waals surface area (Å²) in [5.74, 6) is 1.74. The molecular weight excluding hydrogens is 211 g/mol. The molecule has 0 aromatic rings. The minimum atomic E-state index is -0.265. The number of allylic oxidation sites excluding steroid dienone is 1. The van der Waals surface area contributed by atoms with Gasteiger partial charge in [-0.25, -0.2) is 0 Å². The number of rotatable bonds is 3. The second-order valence-electron chi connectivity index (χ2n) is 5.87. The van der Waals surface area contributed by atoms with Crippen molar-refractivity contribution in [1.29, 1.82) is 0 Å². The van der Waals surface area contributed by atoms with Crippen molar-refractivity contribution >= 4 is 7.12 Å². The number of hydrogen-bond acceptors (Lipinski definition) is 2. The molecule has 1 unspecified atom stereocenters. The highest BCUT2D eigenvalue weighted by molar-refractivity contribution is 6.51. The van der Waals surface area contributed by atoms with Crippen molar-refractivity contribution < 1.29 is 9.31 Å².